The van der Waals surface area contributed by atoms with E-state index in [0.29, 0.717) is 18.0 Å². The van der Waals surface area contributed by atoms with Crippen molar-refractivity contribution in [3.05, 3.63) is 47.0 Å². The van der Waals surface area contributed by atoms with Gasteiger partial charge in [0.25, 0.3) is 0 Å². The number of benzene rings is 1. The number of nitrogens with zero attached hydrogens (tertiary/aromatic N) is 3. The van der Waals surface area contributed by atoms with Crippen molar-refractivity contribution in [3.8, 4) is 6.07 Å². The molecule has 1 aromatic carbocycles. The summed E-state index contributed by atoms with van der Waals surface area (Å²) in [6.07, 6.45) is 2.09. The largest absolute Gasteiger partial charge is 0.424 e. The Morgan fingerprint density at radius 3 is 2.79 bits per heavy atom. The van der Waals surface area contributed by atoms with Gasteiger partial charge in [0.1, 0.15) is 17.7 Å². The van der Waals surface area contributed by atoms with E-state index >= 15 is 0 Å². The number of hydrogen-bond donors (Lipinski definition) is 1. The summed E-state index contributed by atoms with van der Waals surface area (Å²) in [4.78, 5) is 6.13. The first-order chi connectivity index (χ1) is 11.6. The van der Waals surface area contributed by atoms with Crippen LogP contribution >= 0.6 is 0 Å². The number of likely N-dealkylation sites (tertiary alicyclic amines) is 1. The zero-order valence-electron chi connectivity index (χ0n) is 13.4. The molecule has 0 spiro atoms. The van der Waals surface area contributed by atoms with Crippen molar-refractivity contribution in [1.82, 2.24) is 9.88 Å². The van der Waals surface area contributed by atoms with Crippen LogP contribution in [0.2, 0.25) is 0 Å². The minimum atomic E-state index is -0.595. The topological polar surface area (TPSA) is 65.1 Å². The molecule has 126 valence electrons. The summed E-state index contributed by atoms with van der Waals surface area (Å²) in [6, 6.07) is 5.33. The van der Waals surface area contributed by atoms with Crippen LogP contribution in [0.25, 0.3) is 0 Å². The first kappa shape index (κ1) is 16.4. The van der Waals surface area contributed by atoms with Gasteiger partial charge in [0, 0.05) is 25.1 Å². The Morgan fingerprint density at radius 2 is 2.12 bits per heavy atom. The molecule has 1 aromatic heterocycles. The van der Waals surface area contributed by atoms with E-state index in [1.807, 2.05) is 6.07 Å². The molecule has 3 rings (SSSR count). The number of oxazole rings is 1. The average Bonchev–Trinajstić information content (AvgIpc) is 3.19. The molecule has 0 bridgehead atoms. The molecule has 1 aliphatic rings. The van der Waals surface area contributed by atoms with Crippen LogP contribution in [0.3, 0.4) is 0 Å². The number of aryl methyl sites for hydroxylation is 1. The third-order valence-corrected chi connectivity index (χ3v) is 4.20. The third-order valence-electron chi connectivity index (χ3n) is 4.20. The highest BCUT2D eigenvalue weighted by Crippen LogP contribution is 2.28. The molecule has 2 heterocycles. The van der Waals surface area contributed by atoms with Crippen molar-refractivity contribution in [3.63, 3.8) is 0 Å². The molecular weight excluding hydrogens is 314 g/mol. The van der Waals surface area contributed by atoms with Crippen LogP contribution in [0, 0.1) is 29.9 Å². The molecule has 1 atom stereocenters. The highest BCUT2D eigenvalue weighted by Gasteiger charge is 2.26. The molecule has 1 N–H and O–H groups in total. The maximum Gasteiger partial charge on any atom is 0.232 e. The zero-order chi connectivity index (χ0) is 17.1. The normalized spacial score (nSPS) is 16.1. The van der Waals surface area contributed by atoms with E-state index in [1.54, 1.807) is 6.92 Å². The highest BCUT2D eigenvalue weighted by molar-refractivity contribution is 5.45. The minimum Gasteiger partial charge on any atom is -0.424 e. The van der Waals surface area contributed by atoms with Crippen LogP contribution < -0.4 is 5.32 Å². The number of halogens is 2. The first-order valence-electron chi connectivity index (χ1n) is 7.89. The van der Waals surface area contributed by atoms with Crippen molar-refractivity contribution < 1.29 is 13.2 Å². The fraction of sp³-hybridized carbons (Fsp3) is 0.412. The van der Waals surface area contributed by atoms with Gasteiger partial charge in [-0.05, 0) is 32.0 Å². The van der Waals surface area contributed by atoms with Crippen LogP contribution in [0.15, 0.2) is 22.6 Å². The summed E-state index contributed by atoms with van der Waals surface area (Å²) in [6.45, 7) is 3.70. The van der Waals surface area contributed by atoms with Crippen molar-refractivity contribution in [1.29, 1.82) is 5.26 Å². The summed E-state index contributed by atoms with van der Waals surface area (Å²) in [5.74, 6) is -0.494. The Labute approximate surface area is 138 Å². The Kier molecular flexibility index (Phi) is 4.76. The maximum atomic E-state index is 14.2. The molecule has 2 aromatic rings. The summed E-state index contributed by atoms with van der Waals surface area (Å²) in [5, 5.41) is 12.1. The lowest BCUT2D eigenvalue weighted by atomic mass is 10.0. The van der Waals surface area contributed by atoms with Gasteiger partial charge in [0.15, 0.2) is 5.89 Å². The van der Waals surface area contributed by atoms with E-state index in [4.69, 9.17) is 9.68 Å². The Hall–Kier alpha value is -2.46. The number of rotatable bonds is 5. The van der Waals surface area contributed by atoms with E-state index in [2.05, 4.69) is 15.2 Å². The molecular formula is C17H18F2N4O. The summed E-state index contributed by atoms with van der Waals surface area (Å²) in [7, 11) is 0. The predicted octanol–water partition coefficient (Wildman–Crippen LogP) is 3.38. The molecule has 0 amide bonds. The number of aromatic nitrogens is 1. The van der Waals surface area contributed by atoms with Crippen molar-refractivity contribution in [2.45, 2.75) is 25.8 Å². The van der Waals surface area contributed by atoms with E-state index < -0.39 is 11.6 Å². The minimum absolute atomic E-state index is 0.173. The maximum absolute atomic E-state index is 14.2. The van der Waals surface area contributed by atoms with E-state index in [1.165, 1.54) is 12.1 Å². The SMILES string of the molecule is Cc1nc(C#N)c(NC[C@@H](c2ccc(F)cc2F)N2CCCC2)o1. The van der Waals surface area contributed by atoms with Gasteiger partial charge in [-0.3, -0.25) is 4.90 Å². The van der Waals surface area contributed by atoms with Gasteiger partial charge in [-0.1, -0.05) is 6.07 Å². The Morgan fingerprint density at radius 1 is 1.38 bits per heavy atom. The van der Waals surface area contributed by atoms with Gasteiger partial charge in [-0.15, -0.1) is 0 Å². The third kappa shape index (κ3) is 3.39. The van der Waals surface area contributed by atoms with Crippen molar-refractivity contribution in [2.24, 2.45) is 0 Å². The quantitative estimate of drug-likeness (QED) is 0.909. The van der Waals surface area contributed by atoms with Gasteiger partial charge in [0.05, 0.1) is 6.04 Å². The van der Waals surface area contributed by atoms with Crippen LogP contribution in [0.4, 0.5) is 14.7 Å². The number of nitriles is 1. The number of nitrogens with one attached hydrogen (secondary N) is 1. The lowest BCUT2D eigenvalue weighted by Crippen LogP contribution is -2.31. The second kappa shape index (κ2) is 6.97. The van der Waals surface area contributed by atoms with Gasteiger partial charge in [0.2, 0.25) is 11.6 Å². The molecule has 0 saturated carbocycles. The fourth-order valence-corrected chi connectivity index (χ4v) is 3.07. The van der Waals surface area contributed by atoms with Gasteiger partial charge in [-0.2, -0.15) is 5.26 Å². The Bertz CT molecular complexity index is 762. The number of hydrogen-bond acceptors (Lipinski definition) is 5. The standard InChI is InChI=1S/C17H18F2N4O/c1-11-22-15(9-20)17(24-11)21-10-16(23-6-2-3-7-23)13-5-4-12(18)8-14(13)19/h4-5,8,16,21H,2-3,6-7,10H2,1H3/t16-/m0/s1. The van der Waals surface area contributed by atoms with Crippen LogP contribution in [0.5, 0.6) is 0 Å². The monoisotopic (exact) mass is 332 g/mol. The molecule has 7 heteroatoms. The smallest absolute Gasteiger partial charge is 0.232 e. The van der Waals surface area contributed by atoms with Crippen LogP contribution in [-0.2, 0) is 0 Å². The second-order valence-corrected chi connectivity index (χ2v) is 5.83. The molecule has 1 aliphatic heterocycles. The zero-order valence-corrected chi connectivity index (χ0v) is 13.4. The van der Waals surface area contributed by atoms with Crippen LogP contribution in [0.1, 0.15) is 36.0 Å². The fourth-order valence-electron chi connectivity index (χ4n) is 3.07. The predicted molar refractivity (Wildman–Crippen MR) is 84.4 cm³/mol. The molecule has 1 saturated heterocycles. The van der Waals surface area contributed by atoms with E-state index in [0.717, 1.165) is 32.0 Å². The molecule has 0 radical (unpaired) electrons. The van der Waals surface area contributed by atoms with E-state index in [9.17, 15) is 8.78 Å². The lowest BCUT2D eigenvalue weighted by Gasteiger charge is -2.28. The lowest BCUT2D eigenvalue weighted by molar-refractivity contribution is 0.249. The average molecular weight is 332 g/mol. The number of anilines is 1. The van der Waals surface area contributed by atoms with Crippen molar-refractivity contribution >= 4 is 5.88 Å². The summed E-state index contributed by atoms with van der Waals surface area (Å²) in [5.41, 5.74) is 0.604. The van der Waals surface area contributed by atoms with Gasteiger partial charge in [-0.25, -0.2) is 13.8 Å². The van der Waals surface area contributed by atoms with Crippen LogP contribution in [-0.4, -0.2) is 29.5 Å². The molecule has 1 fully saturated rings. The van der Waals surface area contributed by atoms with Gasteiger partial charge >= 0.3 is 0 Å². The van der Waals surface area contributed by atoms with E-state index in [-0.39, 0.29) is 17.6 Å². The second-order valence-electron chi connectivity index (χ2n) is 5.83. The molecule has 0 unspecified atom stereocenters. The summed E-state index contributed by atoms with van der Waals surface area (Å²) < 4.78 is 32.8. The molecule has 5 nitrogen and oxygen atoms in total. The van der Waals surface area contributed by atoms with Crippen molar-refractivity contribution in [2.75, 3.05) is 25.0 Å². The Balaban J connectivity index is 1.84. The van der Waals surface area contributed by atoms with Gasteiger partial charge < -0.3 is 9.73 Å². The molecule has 24 heavy (non-hydrogen) atoms. The summed E-state index contributed by atoms with van der Waals surface area (Å²) >= 11 is 0. The molecule has 0 aliphatic carbocycles. The first-order valence-corrected chi connectivity index (χ1v) is 7.89. The highest BCUT2D eigenvalue weighted by atomic mass is 19.1.